The fourth-order valence-corrected chi connectivity index (χ4v) is 4.99. The number of hydrogen-bond donors (Lipinski definition) is 0. The summed E-state index contributed by atoms with van der Waals surface area (Å²) in [7, 11) is 0. The minimum Gasteiger partial charge on any atom is -0.286 e. The summed E-state index contributed by atoms with van der Waals surface area (Å²) in [4.78, 5) is 14.7. The van der Waals surface area contributed by atoms with Crippen LogP contribution < -0.4 is 0 Å². The second kappa shape index (κ2) is 7.16. The van der Waals surface area contributed by atoms with Crippen molar-refractivity contribution >= 4 is 33.6 Å². The van der Waals surface area contributed by atoms with Crippen molar-refractivity contribution in [2.75, 3.05) is 0 Å². The van der Waals surface area contributed by atoms with Crippen LogP contribution in [0.3, 0.4) is 0 Å². The third kappa shape index (κ3) is 2.71. The molecule has 0 aliphatic heterocycles. The van der Waals surface area contributed by atoms with Gasteiger partial charge in [0.05, 0.1) is 33.4 Å². The highest BCUT2D eigenvalue weighted by molar-refractivity contribution is 5.83. The molecule has 0 aliphatic rings. The van der Waals surface area contributed by atoms with E-state index in [2.05, 4.69) is 62.2 Å². The van der Waals surface area contributed by atoms with E-state index in [9.17, 15) is 0 Å². The van der Waals surface area contributed by atoms with Gasteiger partial charge in [0, 0.05) is 30.4 Å². The van der Waals surface area contributed by atoms with Crippen molar-refractivity contribution in [2.24, 2.45) is 0 Å². The lowest BCUT2D eigenvalue weighted by molar-refractivity contribution is 1.02. The van der Waals surface area contributed by atoms with Crippen molar-refractivity contribution in [2.45, 2.75) is 0 Å². The minimum atomic E-state index is 0.823. The molecule has 5 aromatic heterocycles. The summed E-state index contributed by atoms with van der Waals surface area (Å²) in [6.07, 6.45) is 8.17. The van der Waals surface area contributed by atoms with Crippen LogP contribution in [0.1, 0.15) is 0 Å². The van der Waals surface area contributed by atoms with Crippen LogP contribution in [0, 0.1) is 0 Å². The number of aromatic nitrogens is 7. The van der Waals surface area contributed by atoms with E-state index in [0.29, 0.717) is 0 Å². The average Bonchev–Trinajstić information content (AvgIpc) is 3.69. The molecule has 0 saturated carbocycles. The molecule has 0 unspecified atom stereocenters. The Hall–Kier alpha value is -5.17. The summed E-state index contributed by atoms with van der Waals surface area (Å²) >= 11 is 0. The molecule has 0 radical (unpaired) electrons. The van der Waals surface area contributed by atoms with Crippen LogP contribution in [0.25, 0.3) is 56.4 Å². The first-order chi connectivity index (χ1) is 17.8. The molecule has 0 N–H and O–H groups in total. The Labute approximate surface area is 205 Å². The largest absolute Gasteiger partial charge is 0.286 e. The maximum Gasteiger partial charge on any atom is 0.220 e. The Balaban J connectivity index is 1.27. The lowest BCUT2D eigenvalue weighted by Gasteiger charge is -2.05. The number of benzene rings is 3. The molecular formula is C29H19N7. The van der Waals surface area contributed by atoms with Gasteiger partial charge in [0.15, 0.2) is 0 Å². The zero-order valence-corrected chi connectivity index (χ0v) is 19.1. The molecule has 170 valence electrons. The van der Waals surface area contributed by atoms with Gasteiger partial charge in [-0.3, -0.25) is 17.9 Å². The molecule has 0 saturated heterocycles. The summed E-state index contributed by atoms with van der Waals surface area (Å²) in [5.74, 6) is 2.54. The van der Waals surface area contributed by atoms with Crippen molar-refractivity contribution in [1.82, 2.24) is 32.9 Å². The fourth-order valence-electron chi connectivity index (χ4n) is 4.99. The van der Waals surface area contributed by atoms with Gasteiger partial charge in [0.1, 0.15) is 5.82 Å². The first-order valence-electron chi connectivity index (χ1n) is 11.8. The molecule has 0 aliphatic carbocycles. The van der Waals surface area contributed by atoms with Gasteiger partial charge in [-0.2, -0.15) is 0 Å². The van der Waals surface area contributed by atoms with Crippen LogP contribution in [0.15, 0.2) is 116 Å². The predicted molar refractivity (Wildman–Crippen MR) is 141 cm³/mol. The van der Waals surface area contributed by atoms with Crippen LogP contribution in [0.5, 0.6) is 0 Å². The van der Waals surface area contributed by atoms with E-state index in [4.69, 9.17) is 15.0 Å². The summed E-state index contributed by atoms with van der Waals surface area (Å²) in [6.45, 7) is 0. The molecule has 0 atom stereocenters. The molecule has 7 heteroatoms. The van der Waals surface area contributed by atoms with Crippen molar-refractivity contribution < 1.29 is 0 Å². The van der Waals surface area contributed by atoms with Crippen molar-refractivity contribution in [1.29, 1.82) is 0 Å². The van der Waals surface area contributed by atoms with Crippen LogP contribution in [-0.4, -0.2) is 32.9 Å². The fraction of sp³-hybridized carbons (Fsp3) is 0. The van der Waals surface area contributed by atoms with Gasteiger partial charge in [0.25, 0.3) is 0 Å². The molecule has 5 heterocycles. The average molecular weight is 466 g/mol. The number of para-hydroxylation sites is 2. The molecule has 8 rings (SSSR count). The first kappa shape index (κ1) is 19.2. The van der Waals surface area contributed by atoms with Gasteiger partial charge in [-0.05, 0) is 42.5 Å². The zero-order valence-electron chi connectivity index (χ0n) is 19.1. The van der Waals surface area contributed by atoms with Gasteiger partial charge in [-0.25, -0.2) is 15.0 Å². The Bertz CT molecular complexity index is 2050. The molecule has 0 fully saturated rings. The van der Waals surface area contributed by atoms with E-state index in [1.807, 2.05) is 71.6 Å². The predicted octanol–water partition coefficient (Wildman–Crippen LogP) is 5.93. The van der Waals surface area contributed by atoms with Gasteiger partial charge in [0.2, 0.25) is 11.6 Å². The lowest BCUT2D eigenvalue weighted by Crippen LogP contribution is -1.98. The number of pyridine rings is 1. The maximum atomic E-state index is 4.93. The van der Waals surface area contributed by atoms with Crippen LogP contribution in [-0.2, 0) is 0 Å². The summed E-state index contributed by atoms with van der Waals surface area (Å²) < 4.78 is 8.37. The molecule has 8 aromatic rings. The van der Waals surface area contributed by atoms with E-state index in [-0.39, 0.29) is 0 Å². The van der Waals surface area contributed by atoms with Crippen molar-refractivity contribution in [3.8, 4) is 22.8 Å². The van der Waals surface area contributed by atoms with Gasteiger partial charge in [-0.15, -0.1) is 0 Å². The topological polar surface area (TPSA) is 57.4 Å². The summed E-state index contributed by atoms with van der Waals surface area (Å²) in [6, 6.07) is 30.8. The third-order valence-electron chi connectivity index (χ3n) is 6.72. The van der Waals surface area contributed by atoms with Crippen LogP contribution in [0.4, 0.5) is 0 Å². The molecule has 7 nitrogen and oxygen atoms in total. The van der Waals surface area contributed by atoms with E-state index in [0.717, 1.165) is 56.4 Å². The minimum absolute atomic E-state index is 0.823. The molecule has 0 amide bonds. The SMILES string of the molecule is c1ccc(-c2cccc(-n3ccn4c5cc(-n6ccn7c8ccccc8nc67)ccc5nc34)n2)cc1. The quantitative estimate of drug-likeness (QED) is 0.325. The van der Waals surface area contributed by atoms with Crippen LogP contribution in [0.2, 0.25) is 0 Å². The van der Waals surface area contributed by atoms with Crippen LogP contribution >= 0.6 is 0 Å². The van der Waals surface area contributed by atoms with Crippen molar-refractivity contribution in [3.63, 3.8) is 0 Å². The van der Waals surface area contributed by atoms with Gasteiger partial charge < -0.3 is 0 Å². The second-order valence-electron chi connectivity index (χ2n) is 8.81. The van der Waals surface area contributed by atoms with E-state index in [1.165, 1.54) is 0 Å². The highest BCUT2D eigenvalue weighted by atomic mass is 15.2. The number of fused-ring (bicyclic) bond motifs is 6. The molecule has 0 bridgehead atoms. The highest BCUT2D eigenvalue weighted by Gasteiger charge is 2.14. The number of nitrogens with zero attached hydrogens (tertiary/aromatic N) is 7. The summed E-state index contributed by atoms with van der Waals surface area (Å²) in [5, 5.41) is 0. The third-order valence-corrected chi connectivity index (χ3v) is 6.72. The zero-order chi connectivity index (χ0) is 23.6. The van der Waals surface area contributed by atoms with E-state index < -0.39 is 0 Å². The Morgan fingerprint density at radius 1 is 0.500 bits per heavy atom. The van der Waals surface area contributed by atoms with Crippen molar-refractivity contribution in [3.05, 3.63) is 116 Å². The monoisotopic (exact) mass is 465 g/mol. The Morgan fingerprint density at radius 2 is 1.22 bits per heavy atom. The molecule has 3 aromatic carbocycles. The Morgan fingerprint density at radius 3 is 2.11 bits per heavy atom. The lowest BCUT2D eigenvalue weighted by atomic mass is 10.1. The van der Waals surface area contributed by atoms with E-state index in [1.54, 1.807) is 0 Å². The molecular weight excluding hydrogens is 446 g/mol. The molecule has 36 heavy (non-hydrogen) atoms. The second-order valence-corrected chi connectivity index (χ2v) is 8.81. The molecule has 0 spiro atoms. The number of rotatable bonds is 3. The summed E-state index contributed by atoms with van der Waals surface area (Å²) in [5.41, 5.74) is 7.10. The normalized spacial score (nSPS) is 11.9. The Kier molecular flexibility index (Phi) is 3.81. The maximum absolute atomic E-state index is 4.93. The van der Waals surface area contributed by atoms with E-state index >= 15 is 0 Å². The number of imidazole rings is 4. The smallest absolute Gasteiger partial charge is 0.220 e. The van der Waals surface area contributed by atoms with Gasteiger partial charge >= 0.3 is 0 Å². The number of hydrogen-bond acceptors (Lipinski definition) is 3. The van der Waals surface area contributed by atoms with Gasteiger partial charge in [-0.1, -0.05) is 48.5 Å². The highest BCUT2D eigenvalue weighted by Crippen LogP contribution is 2.26. The standard InChI is InChI=1S/C29H19N7/c1-2-7-20(8-3-1)22-10-6-12-27(30-22)36-18-17-35-26-19-21(13-14-24(26)32-29(35)36)33-15-16-34-25-11-5-4-9-23(25)31-28(33)34/h1-19H. The first-order valence-corrected chi connectivity index (χ1v) is 11.8.